The van der Waals surface area contributed by atoms with E-state index in [1.54, 1.807) is 13.8 Å². The molecule has 6 nitrogen and oxygen atoms in total. The van der Waals surface area contributed by atoms with Crippen molar-refractivity contribution in [2.45, 2.75) is 13.8 Å². The van der Waals surface area contributed by atoms with Gasteiger partial charge in [0.2, 0.25) is 0 Å². The molecule has 21 heavy (non-hydrogen) atoms. The van der Waals surface area contributed by atoms with Crippen molar-refractivity contribution in [3.63, 3.8) is 0 Å². The number of hydrogen-bond donors (Lipinski definition) is 1. The van der Waals surface area contributed by atoms with Crippen molar-refractivity contribution in [3.8, 4) is 17.7 Å². The predicted octanol–water partition coefficient (Wildman–Crippen LogP) is 2.59. The highest BCUT2D eigenvalue weighted by Crippen LogP contribution is 2.28. The fourth-order valence-corrected chi connectivity index (χ4v) is 1.65. The van der Waals surface area contributed by atoms with Gasteiger partial charge in [-0.3, -0.25) is 0 Å². The van der Waals surface area contributed by atoms with E-state index in [0.29, 0.717) is 11.3 Å². The van der Waals surface area contributed by atoms with E-state index in [0.717, 1.165) is 18.2 Å². The molecule has 1 N–H and O–H groups in total. The Hall–Kier alpha value is -3.01. The molecule has 0 unspecified atom stereocenters. The van der Waals surface area contributed by atoms with E-state index in [4.69, 9.17) is 15.1 Å². The van der Waals surface area contributed by atoms with Gasteiger partial charge in [0.05, 0.1) is 5.69 Å². The van der Waals surface area contributed by atoms with Crippen molar-refractivity contribution in [2.24, 2.45) is 0 Å². The minimum absolute atomic E-state index is 0.128. The molecular weight excluding hydrogens is 277 g/mol. The number of ether oxygens (including phenoxy) is 1. The maximum Gasteiger partial charge on any atom is 0.339 e. The Balaban J connectivity index is 2.53. The number of hydrogen-bond acceptors (Lipinski definition) is 5. The maximum absolute atomic E-state index is 13.3. The van der Waals surface area contributed by atoms with Gasteiger partial charge in [0.1, 0.15) is 28.8 Å². The summed E-state index contributed by atoms with van der Waals surface area (Å²) in [7, 11) is 0. The van der Waals surface area contributed by atoms with Crippen LogP contribution < -0.4 is 4.74 Å². The molecule has 1 aromatic carbocycles. The molecule has 2 rings (SSSR count). The van der Waals surface area contributed by atoms with Crippen LogP contribution in [0.15, 0.2) is 18.2 Å². The highest BCUT2D eigenvalue weighted by atomic mass is 19.1. The molecule has 0 aliphatic rings. The van der Waals surface area contributed by atoms with Crippen LogP contribution in [0.2, 0.25) is 0 Å². The number of carboxylic acids is 1. The molecule has 0 atom stereocenters. The fraction of sp³-hybridized carbons (Fsp3) is 0.143. The molecule has 0 aliphatic heterocycles. The lowest BCUT2D eigenvalue weighted by Gasteiger charge is -2.10. The molecule has 0 bridgehead atoms. The van der Waals surface area contributed by atoms with Gasteiger partial charge in [0, 0.05) is 6.07 Å². The van der Waals surface area contributed by atoms with Crippen LogP contribution in [0.25, 0.3) is 0 Å². The zero-order chi connectivity index (χ0) is 15.6. The minimum atomic E-state index is -1.28. The summed E-state index contributed by atoms with van der Waals surface area (Å²) < 4.78 is 18.6. The van der Waals surface area contributed by atoms with Crippen molar-refractivity contribution in [1.82, 2.24) is 10.2 Å². The summed E-state index contributed by atoms with van der Waals surface area (Å²) in [6.45, 7) is 3.34. The SMILES string of the molecule is Cc1nnc(Oc2cc(F)ccc2C(=O)O)c(C#N)c1C. The highest BCUT2D eigenvalue weighted by Gasteiger charge is 2.18. The standard InChI is InChI=1S/C14H10FN3O3/c1-7-8(2)17-18-13(11(7)6-16)21-12-5-9(15)3-4-10(12)14(19)20/h3-5H,1-2H3,(H,19,20). The van der Waals surface area contributed by atoms with Crippen LogP contribution in [-0.4, -0.2) is 21.3 Å². The first-order valence-corrected chi connectivity index (χ1v) is 5.88. The van der Waals surface area contributed by atoms with Gasteiger partial charge in [-0.25, -0.2) is 9.18 Å². The van der Waals surface area contributed by atoms with Gasteiger partial charge in [-0.1, -0.05) is 0 Å². The molecule has 0 amide bonds. The Labute approximate surface area is 119 Å². The summed E-state index contributed by atoms with van der Waals surface area (Å²) in [5.74, 6) is -2.34. The molecule has 7 heteroatoms. The number of halogens is 1. The van der Waals surface area contributed by atoms with Crippen molar-refractivity contribution in [3.05, 3.63) is 46.4 Å². The van der Waals surface area contributed by atoms with Gasteiger partial charge in [-0.15, -0.1) is 5.10 Å². The average molecular weight is 287 g/mol. The van der Waals surface area contributed by atoms with Crippen LogP contribution in [0, 0.1) is 31.0 Å². The summed E-state index contributed by atoms with van der Waals surface area (Å²) in [6.07, 6.45) is 0. The summed E-state index contributed by atoms with van der Waals surface area (Å²) in [5.41, 5.74) is 1.01. The van der Waals surface area contributed by atoms with Crippen LogP contribution in [0.3, 0.4) is 0 Å². The second-order valence-corrected chi connectivity index (χ2v) is 4.25. The van der Waals surface area contributed by atoms with Crippen LogP contribution in [-0.2, 0) is 0 Å². The largest absolute Gasteiger partial charge is 0.478 e. The molecular formula is C14H10FN3O3. The second kappa shape index (κ2) is 5.54. The number of aryl methyl sites for hydroxylation is 1. The third kappa shape index (κ3) is 2.79. The number of aromatic carboxylic acids is 1. The molecule has 0 saturated heterocycles. The Kier molecular flexibility index (Phi) is 3.80. The average Bonchev–Trinajstić information content (AvgIpc) is 2.43. The maximum atomic E-state index is 13.3. The quantitative estimate of drug-likeness (QED) is 0.932. The lowest BCUT2D eigenvalue weighted by atomic mass is 10.1. The molecule has 0 spiro atoms. The van der Waals surface area contributed by atoms with Gasteiger partial charge >= 0.3 is 5.97 Å². The van der Waals surface area contributed by atoms with Crippen LogP contribution >= 0.6 is 0 Å². The first-order chi connectivity index (χ1) is 9.93. The van der Waals surface area contributed by atoms with Gasteiger partial charge in [0.15, 0.2) is 0 Å². The zero-order valence-electron chi connectivity index (χ0n) is 11.2. The summed E-state index contributed by atoms with van der Waals surface area (Å²) >= 11 is 0. The van der Waals surface area contributed by atoms with E-state index >= 15 is 0 Å². The van der Waals surface area contributed by atoms with Gasteiger partial charge < -0.3 is 9.84 Å². The second-order valence-electron chi connectivity index (χ2n) is 4.25. The fourth-order valence-electron chi connectivity index (χ4n) is 1.65. The molecule has 0 aliphatic carbocycles. The van der Waals surface area contributed by atoms with E-state index in [2.05, 4.69) is 10.2 Å². The number of nitrogens with zero attached hydrogens (tertiary/aromatic N) is 3. The number of nitriles is 1. The van der Waals surface area contributed by atoms with Gasteiger partial charge in [-0.2, -0.15) is 10.4 Å². The third-order valence-electron chi connectivity index (χ3n) is 2.91. The topological polar surface area (TPSA) is 96.1 Å². The summed E-state index contributed by atoms with van der Waals surface area (Å²) in [6, 6.07) is 4.92. The smallest absolute Gasteiger partial charge is 0.339 e. The molecule has 0 fully saturated rings. The lowest BCUT2D eigenvalue weighted by molar-refractivity contribution is 0.0694. The van der Waals surface area contributed by atoms with Crippen LogP contribution in [0.5, 0.6) is 11.6 Å². The highest BCUT2D eigenvalue weighted by molar-refractivity contribution is 5.91. The summed E-state index contributed by atoms with van der Waals surface area (Å²) in [4.78, 5) is 11.1. The first kappa shape index (κ1) is 14.4. The Morgan fingerprint density at radius 1 is 1.38 bits per heavy atom. The van der Waals surface area contributed by atoms with Crippen molar-refractivity contribution in [2.75, 3.05) is 0 Å². The Morgan fingerprint density at radius 3 is 2.71 bits per heavy atom. The molecule has 1 heterocycles. The number of carbonyl (C=O) groups is 1. The summed E-state index contributed by atoms with van der Waals surface area (Å²) in [5, 5.41) is 25.7. The molecule has 1 aromatic heterocycles. The van der Waals surface area contributed by atoms with E-state index in [1.807, 2.05) is 6.07 Å². The number of aromatic nitrogens is 2. The normalized spacial score (nSPS) is 10.0. The number of benzene rings is 1. The molecule has 106 valence electrons. The van der Waals surface area contributed by atoms with Crippen LogP contribution in [0.4, 0.5) is 4.39 Å². The van der Waals surface area contributed by atoms with Crippen LogP contribution in [0.1, 0.15) is 27.2 Å². The predicted molar refractivity (Wildman–Crippen MR) is 69.7 cm³/mol. The molecule has 0 radical (unpaired) electrons. The van der Waals surface area contributed by atoms with E-state index in [-0.39, 0.29) is 22.8 Å². The lowest BCUT2D eigenvalue weighted by Crippen LogP contribution is -2.04. The van der Waals surface area contributed by atoms with E-state index in [1.165, 1.54) is 0 Å². The van der Waals surface area contributed by atoms with Crippen molar-refractivity contribution < 1.29 is 19.0 Å². The third-order valence-corrected chi connectivity index (χ3v) is 2.91. The van der Waals surface area contributed by atoms with E-state index < -0.39 is 11.8 Å². The first-order valence-electron chi connectivity index (χ1n) is 5.88. The monoisotopic (exact) mass is 287 g/mol. The Bertz CT molecular complexity index is 769. The van der Waals surface area contributed by atoms with Gasteiger partial charge in [0.25, 0.3) is 5.88 Å². The minimum Gasteiger partial charge on any atom is -0.478 e. The molecule has 0 saturated carbocycles. The molecule has 2 aromatic rings. The number of carboxylic acid groups (broad SMARTS) is 1. The van der Waals surface area contributed by atoms with Crippen molar-refractivity contribution >= 4 is 5.97 Å². The Morgan fingerprint density at radius 2 is 2.10 bits per heavy atom. The van der Waals surface area contributed by atoms with Gasteiger partial charge in [-0.05, 0) is 31.5 Å². The zero-order valence-corrected chi connectivity index (χ0v) is 11.2. The van der Waals surface area contributed by atoms with E-state index in [9.17, 15) is 9.18 Å². The number of rotatable bonds is 3. The van der Waals surface area contributed by atoms with Crippen molar-refractivity contribution in [1.29, 1.82) is 5.26 Å².